The molecule has 0 N–H and O–H groups in total. The van der Waals surface area contributed by atoms with Crippen LogP contribution in [0.1, 0.15) is 17.0 Å². The van der Waals surface area contributed by atoms with Gasteiger partial charge in [-0.1, -0.05) is 12.1 Å². The van der Waals surface area contributed by atoms with Crippen molar-refractivity contribution in [2.24, 2.45) is 7.05 Å². The summed E-state index contributed by atoms with van der Waals surface area (Å²) in [6.45, 7) is 3.04. The summed E-state index contributed by atoms with van der Waals surface area (Å²) in [6.07, 6.45) is 0. The molecule has 0 spiro atoms. The first kappa shape index (κ1) is 14.1. The molecule has 0 amide bonds. The van der Waals surface area contributed by atoms with Crippen LogP contribution in [-0.4, -0.2) is 16.9 Å². The summed E-state index contributed by atoms with van der Waals surface area (Å²) in [5.74, 6) is 0.846. The number of ether oxygens (including phenoxy) is 2. The molecule has 1 heterocycles. The molecule has 0 saturated heterocycles. The highest BCUT2D eigenvalue weighted by Gasteiger charge is 2.10. The molecule has 0 bridgehead atoms. The van der Waals surface area contributed by atoms with Crippen LogP contribution < -0.4 is 4.74 Å². The van der Waals surface area contributed by atoms with Gasteiger partial charge in [-0.2, -0.15) is 5.10 Å². The van der Waals surface area contributed by atoms with E-state index in [-0.39, 0.29) is 0 Å². The molecule has 0 atom stereocenters. The van der Waals surface area contributed by atoms with Crippen molar-refractivity contribution in [2.45, 2.75) is 20.1 Å². The van der Waals surface area contributed by atoms with Gasteiger partial charge in [0.05, 0.1) is 36.2 Å². The monoisotopic (exact) mass is 324 g/mol. The van der Waals surface area contributed by atoms with Crippen LogP contribution in [0.15, 0.2) is 28.7 Å². The number of rotatable bonds is 5. The van der Waals surface area contributed by atoms with Crippen molar-refractivity contribution in [3.8, 4) is 5.75 Å². The third kappa shape index (κ3) is 3.36. The Morgan fingerprint density at radius 2 is 2.11 bits per heavy atom. The third-order valence-electron chi connectivity index (χ3n) is 2.90. The lowest BCUT2D eigenvalue weighted by molar-refractivity contribution is 0.101. The van der Waals surface area contributed by atoms with E-state index in [1.54, 1.807) is 7.11 Å². The lowest BCUT2D eigenvalue weighted by atomic mass is 10.2. The molecule has 2 rings (SSSR count). The Kier molecular flexibility index (Phi) is 4.61. The van der Waals surface area contributed by atoms with Gasteiger partial charge in [0.2, 0.25) is 0 Å². The Labute approximate surface area is 121 Å². The van der Waals surface area contributed by atoms with Crippen molar-refractivity contribution in [1.29, 1.82) is 0 Å². The van der Waals surface area contributed by atoms with E-state index in [0.717, 1.165) is 27.2 Å². The van der Waals surface area contributed by atoms with Gasteiger partial charge in [-0.25, -0.2) is 0 Å². The van der Waals surface area contributed by atoms with E-state index in [1.165, 1.54) is 0 Å². The highest BCUT2D eigenvalue weighted by atomic mass is 79.9. The second-order valence-corrected chi connectivity index (χ2v) is 5.11. The average molecular weight is 325 g/mol. The van der Waals surface area contributed by atoms with Crippen LogP contribution in [0, 0.1) is 6.92 Å². The SMILES string of the molecule is COc1cccc(COCc2c(Br)c(C)nn2C)c1. The van der Waals surface area contributed by atoms with Gasteiger partial charge >= 0.3 is 0 Å². The molecule has 5 heteroatoms. The predicted molar refractivity (Wildman–Crippen MR) is 77.1 cm³/mol. The summed E-state index contributed by atoms with van der Waals surface area (Å²) in [4.78, 5) is 0. The molecular weight excluding hydrogens is 308 g/mol. The Bertz CT molecular complexity index is 567. The molecule has 1 aromatic carbocycles. The number of nitrogens with zero attached hydrogens (tertiary/aromatic N) is 2. The van der Waals surface area contributed by atoms with E-state index < -0.39 is 0 Å². The zero-order valence-corrected chi connectivity index (χ0v) is 12.9. The topological polar surface area (TPSA) is 36.3 Å². The molecular formula is C14H17BrN2O2. The molecule has 0 fully saturated rings. The van der Waals surface area contributed by atoms with Crippen LogP contribution in [-0.2, 0) is 25.0 Å². The maximum Gasteiger partial charge on any atom is 0.119 e. The number of aryl methyl sites for hydroxylation is 2. The molecule has 19 heavy (non-hydrogen) atoms. The Hall–Kier alpha value is -1.33. The van der Waals surface area contributed by atoms with Gasteiger partial charge in [0.25, 0.3) is 0 Å². The smallest absolute Gasteiger partial charge is 0.119 e. The van der Waals surface area contributed by atoms with Crippen LogP contribution in [0.3, 0.4) is 0 Å². The molecule has 4 nitrogen and oxygen atoms in total. The number of hydrogen-bond acceptors (Lipinski definition) is 3. The van der Waals surface area contributed by atoms with Gasteiger partial charge in [-0.05, 0) is 40.5 Å². The zero-order chi connectivity index (χ0) is 13.8. The number of methoxy groups -OCH3 is 1. The van der Waals surface area contributed by atoms with Gasteiger partial charge in [-0.3, -0.25) is 4.68 Å². The van der Waals surface area contributed by atoms with Crippen LogP contribution in [0.5, 0.6) is 5.75 Å². The van der Waals surface area contributed by atoms with Gasteiger partial charge in [-0.15, -0.1) is 0 Å². The minimum Gasteiger partial charge on any atom is -0.497 e. The van der Waals surface area contributed by atoms with Gasteiger partial charge in [0.15, 0.2) is 0 Å². The highest BCUT2D eigenvalue weighted by Crippen LogP contribution is 2.21. The molecule has 1 aromatic heterocycles. The average Bonchev–Trinajstić information content (AvgIpc) is 2.65. The van der Waals surface area contributed by atoms with Crippen molar-refractivity contribution in [3.05, 3.63) is 45.7 Å². The van der Waals surface area contributed by atoms with Gasteiger partial charge in [0, 0.05) is 7.05 Å². The quantitative estimate of drug-likeness (QED) is 0.847. The molecule has 0 radical (unpaired) electrons. The van der Waals surface area contributed by atoms with Gasteiger partial charge < -0.3 is 9.47 Å². The second kappa shape index (κ2) is 6.21. The summed E-state index contributed by atoms with van der Waals surface area (Å²) in [5, 5.41) is 4.33. The highest BCUT2D eigenvalue weighted by molar-refractivity contribution is 9.10. The van der Waals surface area contributed by atoms with Crippen molar-refractivity contribution >= 4 is 15.9 Å². The van der Waals surface area contributed by atoms with Crippen LogP contribution in [0.2, 0.25) is 0 Å². The molecule has 0 unspecified atom stereocenters. The van der Waals surface area contributed by atoms with Crippen LogP contribution >= 0.6 is 15.9 Å². The maximum atomic E-state index is 5.73. The first-order valence-electron chi connectivity index (χ1n) is 6.00. The first-order chi connectivity index (χ1) is 9.11. The number of aromatic nitrogens is 2. The molecule has 0 aliphatic heterocycles. The fourth-order valence-electron chi connectivity index (χ4n) is 1.86. The van der Waals surface area contributed by atoms with Crippen LogP contribution in [0.4, 0.5) is 0 Å². The number of benzene rings is 1. The van der Waals surface area contributed by atoms with Crippen molar-refractivity contribution in [1.82, 2.24) is 9.78 Å². The van der Waals surface area contributed by atoms with Crippen LogP contribution in [0.25, 0.3) is 0 Å². The summed E-state index contributed by atoms with van der Waals surface area (Å²) < 4.78 is 13.8. The lowest BCUT2D eigenvalue weighted by Gasteiger charge is -2.07. The minimum atomic E-state index is 0.523. The zero-order valence-electron chi connectivity index (χ0n) is 11.3. The third-order valence-corrected chi connectivity index (χ3v) is 3.93. The normalized spacial score (nSPS) is 10.7. The van der Waals surface area contributed by atoms with E-state index in [4.69, 9.17) is 9.47 Å². The van der Waals surface area contributed by atoms with E-state index in [2.05, 4.69) is 21.0 Å². The van der Waals surface area contributed by atoms with E-state index in [0.29, 0.717) is 13.2 Å². The molecule has 0 aliphatic rings. The number of halogens is 1. The molecule has 0 saturated carbocycles. The summed E-state index contributed by atoms with van der Waals surface area (Å²) in [6, 6.07) is 7.88. The second-order valence-electron chi connectivity index (χ2n) is 4.31. The minimum absolute atomic E-state index is 0.523. The fourth-order valence-corrected chi connectivity index (χ4v) is 2.32. The van der Waals surface area contributed by atoms with E-state index in [1.807, 2.05) is 42.9 Å². The first-order valence-corrected chi connectivity index (χ1v) is 6.79. The lowest BCUT2D eigenvalue weighted by Crippen LogP contribution is -2.02. The Morgan fingerprint density at radius 1 is 1.32 bits per heavy atom. The largest absolute Gasteiger partial charge is 0.497 e. The Morgan fingerprint density at radius 3 is 2.74 bits per heavy atom. The number of hydrogen-bond donors (Lipinski definition) is 0. The van der Waals surface area contributed by atoms with E-state index in [9.17, 15) is 0 Å². The van der Waals surface area contributed by atoms with Gasteiger partial charge in [0.1, 0.15) is 5.75 Å². The summed E-state index contributed by atoms with van der Waals surface area (Å²) >= 11 is 3.53. The Balaban J connectivity index is 1.96. The van der Waals surface area contributed by atoms with E-state index >= 15 is 0 Å². The predicted octanol–water partition coefficient (Wildman–Crippen LogP) is 3.22. The summed E-state index contributed by atoms with van der Waals surface area (Å²) in [5.41, 5.74) is 3.11. The molecule has 102 valence electrons. The standard InChI is InChI=1S/C14H17BrN2O2/c1-10-14(15)13(17(2)16-10)9-19-8-11-5-4-6-12(7-11)18-3/h4-7H,8-9H2,1-3H3. The summed E-state index contributed by atoms with van der Waals surface area (Å²) in [7, 11) is 3.58. The van der Waals surface area contributed by atoms with Crippen molar-refractivity contribution < 1.29 is 9.47 Å². The van der Waals surface area contributed by atoms with Crippen molar-refractivity contribution in [3.63, 3.8) is 0 Å². The molecule has 0 aliphatic carbocycles. The maximum absolute atomic E-state index is 5.73. The van der Waals surface area contributed by atoms with Crippen molar-refractivity contribution in [2.75, 3.05) is 7.11 Å². The molecule has 2 aromatic rings. The fraction of sp³-hybridized carbons (Fsp3) is 0.357.